The molecule has 0 spiro atoms. The molecule has 0 aliphatic heterocycles. The van der Waals surface area contributed by atoms with Gasteiger partial charge in [-0.1, -0.05) is 0 Å². The van der Waals surface area contributed by atoms with Crippen molar-refractivity contribution in [1.82, 2.24) is 5.32 Å². The third kappa shape index (κ3) is 11.4. The topological polar surface area (TPSA) is 83.5 Å². The van der Waals surface area contributed by atoms with E-state index in [1.165, 1.54) is 0 Å². The first-order valence-corrected chi connectivity index (χ1v) is 6.73. The maximum absolute atomic E-state index is 11.2. The summed E-state index contributed by atoms with van der Waals surface area (Å²) in [6.07, 6.45) is 1.13. The minimum atomic E-state index is -3.98. The lowest BCUT2D eigenvalue weighted by atomic mass is 10.2. The number of nitrogens with zero attached hydrogens (tertiary/aromatic N) is 1. The molecule has 0 aromatic carbocycles. The lowest BCUT2D eigenvalue weighted by molar-refractivity contribution is -0.870. The summed E-state index contributed by atoms with van der Waals surface area (Å²) >= 11 is 0. The van der Waals surface area contributed by atoms with Crippen molar-refractivity contribution in [3.8, 4) is 0 Å². The van der Waals surface area contributed by atoms with Crippen LogP contribution in [0.3, 0.4) is 0 Å². The van der Waals surface area contributed by atoms with Crippen molar-refractivity contribution < 1.29 is 22.2 Å². The third-order valence-electron chi connectivity index (χ3n) is 1.91. The molecule has 0 atom stereocenters. The minimum Gasteiger partial charge on any atom is -0.355 e. The Balaban J connectivity index is 3.61. The minimum absolute atomic E-state index is 0.0396. The van der Waals surface area contributed by atoms with Gasteiger partial charge in [0.2, 0.25) is 5.91 Å². The molecule has 0 rings (SSSR count). The molecule has 0 aliphatic rings. The van der Waals surface area contributed by atoms with E-state index in [1.54, 1.807) is 0 Å². The fourth-order valence-corrected chi connectivity index (χ4v) is 1.48. The SMILES string of the molecule is C[N+](C)(C)CCCC(=O)NCCS(=O)(=O)O. The maximum Gasteiger partial charge on any atom is 0.266 e. The smallest absolute Gasteiger partial charge is 0.266 e. The number of hydrogen-bond donors (Lipinski definition) is 2. The van der Waals surface area contributed by atoms with Gasteiger partial charge in [-0.3, -0.25) is 9.35 Å². The maximum atomic E-state index is 11.2. The summed E-state index contributed by atoms with van der Waals surface area (Å²) in [5.41, 5.74) is 0. The van der Waals surface area contributed by atoms with Crippen molar-refractivity contribution in [2.24, 2.45) is 0 Å². The molecule has 0 bridgehead atoms. The predicted octanol–water partition coefficient (Wildman–Crippen LogP) is -0.523. The van der Waals surface area contributed by atoms with Crippen LogP contribution in [0.4, 0.5) is 0 Å². The summed E-state index contributed by atoms with van der Waals surface area (Å²) < 4.78 is 29.9. The molecule has 1 amide bonds. The van der Waals surface area contributed by atoms with Crippen LogP contribution in [0.25, 0.3) is 0 Å². The molecule has 16 heavy (non-hydrogen) atoms. The summed E-state index contributed by atoms with van der Waals surface area (Å²) in [5, 5.41) is 2.44. The number of hydrogen-bond acceptors (Lipinski definition) is 3. The van der Waals surface area contributed by atoms with Gasteiger partial charge in [-0.15, -0.1) is 0 Å². The van der Waals surface area contributed by atoms with Crippen molar-refractivity contribution in [3.05, 3.63) is 0 Å². The van der Waals surface area contributed by atoms with Crippen LogP contribution in [-0.4, -0.2) is 63.3 Å². The monoisotopic (exact) mass is 253 g/mol. The second kappa shape index (κ2) is 6.17. The van der Waals surface area contributed by atoms with Crippen LogP contribution in [0.2, 0.25) is 0 Å². The third-order valence-corrected chi connectivity index (χ3v) is 2.63. The van der Waals surface area contributed by atoms with Crippen LogP contribution < -0.4 is 5.32 Å². The lowest BCUT2D eigenvalue weighted by Gasteiger charge is -2.23. The van der Waals surface area contributed by atoms with E-state index >= 15 is 0 Å². The van der Waals surface area contributed by atoms with Gasteiger partial charge >= 0.3 is 0 Å². The second-order valence-corrected chi connectivity index (χ2v) is 6.33. The van der Waals surface area contributed by atoms with E-state index in [2.05, 4.69) is 5.32 Å². The fourth-order valence-electron chi connectivity index (χ4n) is 1.12. The van der Waals surface area contributed by atoms with Crippen LogP contribution in [0.15, 0.2) is 0 Å². The van der Waals surface area contributed by atoms with E-state index in [0.29, 0.717) is 6.42 Å². The van der Waals surface area contributed by atoms with Gasteiger partial charge in [-0.05, 0) is 0 Å². The van der Waals surface area contributed by atoms with Crippen LogP contribution in [0.1, 0.15) is 12.8 Å². The largest absolute Gasteiger partial charge is 0.355 e. The molecule has 0 aliphatic carbocycles. The average Bonchev–Trinajstić information content (AvgIpc) is 1.98. The normalized spacial score (nSPS) is 12.5. The summed E-state index contributed by atoms with van der Waals surface area (Å²) in [6, 6.07) is 0. The number of quaternary nitrogens is 1. The van der Waals surface area contributed by atoms with Crippen molar-refractivity contribution in [1.29, 1.82) is 0 Å². The zero-order valence-electron chi connectivity index (χ0n) is 10.1. The average molecular weight is 253 g/mol. The fraction of sp³-hybridized carbons (Fsp3) is 0.889. The highest BCUT2D eigenvalue weighted by Gasteiger charge is 2.09. The van der Waals surface area contributed by atoms with E-state index in [4.69, 9.17) is 4.55 Å². The predicted molar refractivity (Wildman–Crippen MR) is 61.6 cm³/mol. The molecule has 7 heteroatoms. The van der Waals surface area contributed by atoms with Crippen molar-refractivity contribution in [3.63, 3.8) is 0 Å². The summed E-state index contributed by atoms with van der Waals surface area (Å²) in [5.74, 6) is -0.620. The number of amides is 1. The van der Waals surface area contributed by atoms with Crippen molar-refractivity contribution >= 4 is 16.0 Å². The Kier molecular flexibility index (Phi) is 5.91. The highest BCUT2D eigenvalue weighted by atomic mass is 32.2. The van der Waals surface area contributed by atoms with Gasteiger partial charge < -0.3 is 9.80 Å². The summed E-state index contributed by atoms with van der Waals surface area (Å²) in [6.45, 7) is 0.841. The van der Waals surface area contributed by atoms with Crippen LogP contribution in [-0.2, 0) is 14.9 Å². The van der Waals surface area contributed by atoms with Gasteiger partial charge in [0, 0.05) is 19.4 Å². The molecule has 0 aromatic rings. The van der Waals surface area contributed by atoms with E-state index < -0.39 is 15.9 Å². The molecule has 0 aromatic heterocycles. The summed E-state index contributed by atoms with van der Waals surface area (Å²) in [7, 11) is 2.13. The molecule has 6 nitrogen and oxygen atoms in total. The lowest BCUT2D eigenvalue weighted by Crippen LogP contribution is -2.36. The quantitative estimate of drug-likeness (QED) is 0.472. The molecule has 96 valence electrons. The standard InChI is InChI=1S/C9H20N2O4S/c1-11(2,3)7-4-5-9(12)10-6-8-16(13,14)15/h4-8H2,1-3H3,(H-,10,12,13,14,15)/p+1. The van der Waals surface area contributed by atoms with Gasteiger partial charge in [0.1, 0.15) is 0 Å². The van der Waals surface area contributed by atoms with Gasteiger partial charge in [0.15, 0.2) is 0 Å². The first-order valence-electron chi connectivity index (χ1n) is 5.12. The first kappa shape index (κ1) is 15.3. The molecule has 0 saturated carbocycles. The number of nitrogens with one attached hydrogen (secondary N) is 1. The molecule has 0 saturated heterocycles. The number of carbonyl (C=O) groups excluding carboxylic acids is 1. The van der Waals surface area contributed by atoms with Gasteiger partial charge in [-0.25, -0.2) is 0 Å². The molecular weight excluding hydrogens is 232 g/mol. The second-order valence-electron chi connectivity index (χ2n) is 4.75. The number of rotatable bonds is 7. The Morgan fingerprint density at radius 3 is 2.31 bits per heavy atom. The Bertz CT molecular complexity index is 319. The highest BCUT2D eigenvalue weighted by Crippen LogP contribution is 1.97. The van der Waals surface area contributed by atoms with E-state index in [-0.39, 0.29) is 12.5 Å². The zero-order chi connectivity index (χ0) is 12.8. The number of carbonyl (C=O) groups is 1. The van der Waals surface area contributed by atoms with E-state index in [1.807, 2.05) is 21.1 Å². The Morgan fingerprint density at radius 1 is 1.31 bits per heavy atom. The molecule has 0 radical (unpaired) electrons. The van der Waals surface area contributed by atoms with E-state index in [0.717, 1.165) is 17.4 Å². The van der Waals surface area contributed by atoms with Crippen LogP contribution >= 0.6 is 0 Å². The summed E-state index contributed by atoms with van der Waals surface area (Å²) in [4.78, 5) is 11.2. The van der Waals surface area contributed by atoms with Crippen molar-refractivity contribution in [2.75, 3.05) is 40.0 Å². The molecular formula is C9H21N2O4S+. The molecule has 0 unspecified atom stereocenters. The van der Waals surface area contributed by atoms with Gasteiger partial charge in [-0.2, -0.15) is 8.42 Å². The van der Waals surface area contributed by atoms with E-state index in [9.17, 15) is 13.2 Å². The van der Waals surface area contributed by atoms with Crippen LogP contribution in [0.5, 0.6) is 0 Å². The van der Waals surface area contributed by atoms with Crippen molar-refractivity contribution in [2.45, 2.75) is 12.8 Å². The Labute approximate surface area is 97.0 Å². The van der Waals surface area contributed by atoms with Crippen LogP contribution in [0, 0.1) is 0 Å². The van der Waals surface area contributed by atoms with Gasteiger partial charge in [0.05, 0.1) is 33.4 Å². The first-order chi connectivity index (χ1) is 7.10. The molecule has 0 fully saturated rings. The Morgan fingerprint density at radius 2 is 1.88 bits per heavy atom. The molecule has 0 heterocycles. The molecule has 2 N–H and O–H groups in total. The van der Waals surface area contributed by atoms with Gasteiger partial charge in [0.25, 0.3) is 10.1 Å². The zero-order valence-corrected chi connectivity index (χ0v) is 10.9. The highest BCUT2D eigenvalue weighted by molar-refractivity contribution is 7.85. The Hall–Kier alpha value is -0.660.